The molecule has 0 N–H and O–H groups in total. The van der Waals surface area contributed by atoms with Crippen molar-refractivity contribution in [2.75, 3.05) is 6.61 Å². The zero-order chi connectivity index (χ0) is 14.7. The van der Waals surface area contributed by atoms with E-state index in [1.54, 1.807) is 0 Å². The van der Waals surface area contributed by atoms with E-state index in [2.05, 4.69) is 45.9 Å². The van der Waals surface area contributed by atoms with Crippen LogP contribution in [0, 0.1) is 5.92 Å². The molecule has 1 fully saturated rings. The zero-order valence-corrected chi connectivity index (χ0v) is 13.5. The molecular formula is C18H28O2. The maximum atomic E-state index is 5.73. The summed E-state index contributed by atoms with van der Waals surface area (Å²) in [6.45, 7) is 11.7. The van der Waals surface area contributed by atoms with Crippen LogP contribution >= 0.6 is 0 Å². The summed E-state index contributed by atoms with van der Waals surface area (Å²) < 4.78 is 11.4. The van der Waals surface area contributed by atoms with Gasteiger partial charge in [0.2, 0.25) is 0 Å². The average Bonchev–Trinajstić information content (AvgIpc) is 3.20. The number of rotatable bonds is 7. The fourth-order valence-electron chi connectivity index (χ4n) is 2.94. The Kier molecular flexibility index (Phi) is 5.09. The summed E-state index contributed by atoms with van der Waals surface area (Å²) in [6.07, 6.45) is 3.19. The van der Waals surface area contributed by atoms with Crippen molar-refractivity contribution in [3.05, 3.63) is 29.3 Å². The first kappa shape index (κ1) is 15.4. The monoisotopic (exact) mass is 276 g/mol. The fourth-order valence-corrected chi connectivity index (χ4v) is 2.94. The van der Waals surface area contributed by atoms with Crippen LogP contribution in [0.2, 0.25) is 0 Å². The van der Waals surface area contributed by atoms with E-state index in [4.69, 9.17) is 9.47 Å². The lowest BCUT2D eigenvalue weighted by atomic mass is 9.92. The molecule has 0 spiro atoms. The first-order valence-electron chi connectivity index (χ1n) is 7.97. The second-order valence-electron chi connectivity index (χ2n) is 6.19. The molecule has 3 unspecified atom stereocenters. The average molecular weight is 276 g/mol. The van der Waals surface area contributed by atoms with Gasteiger partial charge in [-0.05, 0) is 48.8 Å². The van der Waals surface area contributed by atoms with Crippen molar-refractivity contribution < 1.29 is 9.47 Å². The summed E-state index contributed by atoms with van der Waals surface area (Å²) in [4.78, 5) is 0. The van der Waals surface area contributed by atoms with Gasteiger partial charge >= 0.3 is 0 Å². The molecule has 2 heteroatoms. The summed E-state index contributed by atoms with van der Waals surface area (Å²) in [5.74, 6) is 2.12. The molecule has 1 saturated heterocycles. The van der Waals surface area contributed by atoms with Crippen molar-refractivity contribution in [1.29, 1.82) is 0 Å². The first-order valence-corrected chi connectivity index (χ1v) is 7.97. The van der Waals surface area contributed by atoms with Crippen LogP contribution < -0.4 is 4.74 Å². The molecule has 0 saturated carbocycles. The molecule has 0 aliphatic carbocycles. The van der Waals surface area contributed by atoms with E-state index in [0.29, 0.717) is 24.0 Å². The second-order valence-corrected chi connectivity index (χ2v) is 6.19. The van der Waals surface area contributed by atoms with E-state index in [-0.39, 0.29) is 0 Å². The standard InChI is InChI=1S/C18H28O2/c1-6-16-18(20-16)13(5)10-14-8-9-17(19-7-2)15(11-14)12(3)4/h8-9,11-13,16,18H,6-7,10H2,1-5H3. The molecule has 2 nitrogen and oxygen atoms in total. The lowest BCUT2D eigenvalue weighted by Crippen LogP contribution is -2.10. The first-order chi connectivity index (χ1) is 9.56. The molecule has 3 atom stereocenters. The highest BCUT2D eigenvalue weighted by molar-refractivity contribution is 5.39. The van der Waals surface area contributed by atoms with Gasteiger partial charge in [-0.15, -0.1) is 0 Å². The van der Waals surface area contributed by atoms with E-state index in [1.807, 2.05) is 6.92 Å². The predicted molar refractivity (Wildman–Crippen MR) is 83.5 cm³/mol. The van der Waals surface area contributed by atoms with Gasteiger partial charge in [0.1, 0.15) is 5.75 Å². The van der Waals surface area contributed by atoms with Gasteiger partial charge in [-0.1, -0.05) is 39.8 Å². The molecule has 1 aromatic rings. The minimum atomic E-state index is 0.467. The summed E-state index contributed by atoms with van der Waals surface area (Å²) in [5, 5.41) is 0. The number of ether oxygens (including phenoxy) is 2. The lowest BCUT2D eigenvalue weighted by molar-refractivity contribution is 0.322. The Balaban J connectivity index is 2.07. The van der Waals surface area contributed by atoms with Gasteiger partial charge in [0.15, 0.2) is 0 Å². The molecular weight excluding hydrogens is 248 g/mol. The zero-order valence-electron chi connectivity index (χ0n) is 13.5. The SMILES string of the molecule is CCOc1ccc(CC(C)C2OC2CC)cc1C(C)C. The highest BCUT2D eigenvalue weighted by Gasteiger charge is 2.40. The van der Waals surface area contributed by atoms with E-state index < -0.39 is 0 Å². The van der Waals surface area contributed by atoms with Crippen molar-refractivity contribution >= 4 is 0 Å². The third-order valence-corrected chi connectivity index (χ3v) is 4.14. The summed E-state index contributed by atoms with van der Waals surface area (Å²) in [5.41, 5.74) is 2.72. The summed E-state index contributed by atoms with van der Waals surface area (Å²) >= 11 is 0. The Morgan fingerprint density at radius 2 is 1.95 bits per heavy atom. The van der Waals surface area contributed by atoms with E-state index in [0.717, 1.165) is 25.2 Å². The third-order valence-electron chi connectivity index (χ3n) is 4.14. The van der Waals surface area contributed by atoms with Crippen molar-refractivity contribution in [1.82, 2.24) is 0 Å². The Hall–Kier alpha value is -1.02. The quantitative estimate of drug-likeness (QED) is 0.681. The molecule has 1 aliphatic rings. The van der Waals surface area contributed by atoms with Gasteiger partial charge < -0.3 is 9.47 Å². The molecule has 0 amide bonds. The maximum Gasteiger partial charge on any atom is 0.122 e. The molecule has 0 radical (unpaired) electrons. The van der Waals surface area contributed by atoms with Crippen LogP contribution in [0.4, 0.5) is 0 Å². The predicted octanol–water partition coefficient (Wildman–Crippen LogP) is 4.56. The Morgan fingerprint density at radius 1 is 1.20 bits per heavy atom. The van der Waals surface area contributed by atoms with Crippen LogP contribution in [-0.2, 0) is 11.2 Å². The molecule has 112 valence electrons. The van der Waals surface area contributed by atoms with Crippen LogP contribution in [0.5, 0.6) is 5.75 Å². The number of epoxide rings is 1. The van der Waals surface area contributed by atoms with E-state index >= 15 is 0 Å². The van der Waals surface area contributed by atoms with Crippen LogP contribution in [0.1, 0.15) is 58.1 Å². The molecule has 0 bridgehead atoms. The smallest absolute Gasteiger partial charge is 0.122 e. The van der Waals surface area contributed by atoms with Gasteiger partial charge in [0, 0.05) is 0 Å². The maximum absolute atomic E-state index is 5.73. The summed E-state index contributed by atoms with van der Waals surface area (Å²) in [7, 11) is 0. The molecule has 1 aliphatic heterocycles. The molecule has 1 aromatic carbocycles. The van der Waals surface area contributed by atoms with Crippen molar-refractivity contribution in [3.63, 3.8) is 0 Å². The van der Waals surface area contributed by atoms with Gasteiger partial charge in [0.05, 0.1) is 18.8 Å². The third kappa shape index (κ3) is 3.54. The number of hydrogen-bond acceptors (Lipinski definition) is 2. The van der Waals surface area contributed by atoms with Gasteiger partial charge in [-0.3, -0.25) is 0 Å². The van der Waals surface area contributed by atoms with Crippen molar-refractivity contribution in [3.8, 4) is 5.75 Å². The van der Waals surface area contributed by atoms with Crippen LogP contribution in [0.3, 0.4) is 0 Å². The highest BCUT2D eigenvalue weighted by atomic mass is 16.6. The largest absolute Gasteiger partial charge is 0.494 e. The molecule has 0 aromatic heterocycles. The van der Waals surface area contributed by atoms with Crippen LogP contribution in [0.15, 0.2) is 18.2 Å². The molecule has 20 heavy (non-hydrogen) atoms. The Labute approximate surface area is 123 Å². The van der Waals surface area contributed by atoms with Gasteiger partial charge in [-0.25, -0.2) is 0 Å². The lowest BCUT2D eigenvalue weighted by Gasteiger charge is -2.16. The number of benzene rings is 1. The topological polar surface area (TPSA) is 21.8 Å². The number of hydrogen-bond donors (Lipinski definition) is 0. The molecule has 2 rings (SSSR count). The second kappa shape index (κ2) is 6.62. The minimum Gasteiger partial charge on any atom is -0.494 e. The van der Waals surface area contributed by atoms with Crippen LogP contribution in [0.25, 0.3) is 0 Å². The minimum absolute atomic E-state index is 0.467. The van der Waals surface area contributed by atoms with E-state index in [9.17, 15) is 0 Å². The Morgan fingerprint density at radius 3 is 2.50 bits per heavy atom. The fraction of sp³-hybridized carbons (Fsp3) is 0.667. The molecule has 1 heterocycles. The van der Waals surface area contributed by atoms with Crippen molar-refractivity contribution in [2.45, 2.75) is 65.6 Å². The highest BCUT2D eigenvalue weighted by Crippen LogP contribution is 2.35. The van der Waals surface area contributed by atoms with Gasteiger partial charge in [0.25, 0.3) is 0 Å². The van der Waals surface area contributed by atoms with Crippen LogP contribution in [-0.4, -0.2) is 18.8 Å². The Bertz CT molecular complexity index is 439. The van der Waals surface area contributed by atoms with Gasteiger partial charge in [-0.2, -0.15) is 0 Å². The van der Waals surface area contributed by atoms with Crippen molar-refractivity contribution in [2.24, 2.45) is 5.92 Å². The summed E-state index contributed by atoms with van der Waals surface area (Å²) in [6, 6.07) is 6.65. The normalized spacial score (nSPS) is 22.9. The van der Waals surface area contributed by atoms with E-state index in [1.165, 1.54) is 11.1 Å².